The van der Waals surface area contributed by atoms with Crippen LogP contribution < -0.4 is 11.1 Å². The maximum atomic E-state index is 13.9. The molecule has 0 radical (unpaired) electrons. The van der Waals surface area contributed by atoms with Crippen molar-refractivity contribution in [3.63, 3.8) is 0 Å². The smallest absolute Gasteiger partial charge is 0.370 e. The van der Waals surface area contributed by atoms with Gasteiger partial charge in [0.2, 0.25) is 0 Å². The van der Waals surface area contributed by atoms with Crippen molar-refractivity contribution in [3.05, 3.63) is 81.0 Å². The monoisotopic (exact) mass is 473 g/mol. The van der Waals surface area contributed by atoms with Crippen molar-refractivity contribution in [2.24, 2.45) is 0 Å². The molecular formula is C20H14BrF2N5O2. The molecule has 10 heteroatoms. The SMILES string of the molecule is O=c1[nH]c(-c2ccc(-c3cc(NCCc4c(F)cc(Br)cc4F)ncn3)cc2)no1. The van der Waals surface area contributed by atoms with Crippen molar-refractivity contribution < 1.29 is 13.3 Å². The van der Waals surface area contributed by atoms with E-state index in [-0.39, 0.29) is 12.0 Å². The van der Waals surface area contributed by atoms with E-state index in [1.807, 2.05) is 12.1 Å². The first-order chi connectivity index (χ1) is 14.5. The molecule has 4 rings (SSSR count). The van der Waals surface area contributed by atoms with E-state index >= 15 is 0 Å². The largest absolute Gasteiger partial charge is 0.439 e. The average molecular weight is 474 g/mol. The lowest BCUT2D eigenvalue weighted by Gasteiger charge is -2.09. The highest BCUT2D eigenvalue weighted by Gasteiger charge is 2.11. The molecule has 0 atom stereocenters. The number of hydrogen-bond acceptors (Lipinski definition) is 6. The molecule has 0 saturated heterocycles. The number of aromatic nitrogens is 4. The van der Waals surface area contributed by atoms with Gasteiger partial charge in [-0.05, 0) is 18.6 Å². The van der Waals surface area contributed by atoms with Crippen LogP contribution in [0.1, 0.15) is 5.56 Å². The van der Waals surface area contributed by atoms with Gasteiger partial charge in [-0.25, -0.2) is 23.5 Å². The molecule has 2 N–H and O–H groups in total. The molecule has 0 aliphatic carbocycles. The van der Waals surface area contributed by atoms with Gasteiger partial charge >= 0.3 is 5.76 Å². The standard InChI is InChI=1S/C20H14BrF2N5O2/c21-13-7-15(22)14(16(23)8-13)5-6-24-18-9-17(25-10-26-18)11-1-3-12(4-2-11)19-27-20(29)30-28-19/h1-4,7-10H,5-6H2,(H,24,25,26)(H,27,28,29). The second-order valence-electron chi connectivity index (χ2n) is 6.33. The quantitative estimate of drug-likeness (QED) is 0.435. The lowest BCUT2D eigenvalue weighted by molar-refractivity contribution is 0.388. The molecule has 7 nitrogen and oxygen atoms in total. The van der Waals surface area contributed by atoms with Crippen LogP contribution >= 0.6 is 15.9 Å². The molecule has 0 saturated carbocycles. The number of anilines is 1. The second kappa shape index (κ2) is 8.54. The Balaban J connectivity index is 1.45. The average Bonchev–Trinajstić information content (AvgIpc) is 3.17. The summed E-state index contributed by atoms with van der Waals surface area (Å²) in [6.45, 7) is 0.296. The highest BCUT2D eigenvalue weighted by Crippen LogP contribution is 2.23. The third kappa shape index (κ3) is 4.43. The molecule has 2 aromatic heterocycles. The normalized spacial score (nSPS) is 10.9. The van der Waals surface area contributed by atoms with Crippen molar-refractivity contribution in [3.8, 4) is 22.6 Å². The van der Waals surface area contributed by atoms with E-state index in [4.69, 9.17) is 0 Å². The molecule has 0 aliphatic rings. The Kier molecular flexibility index (Phi) is 5.66. The van der Waals surface area contributed by atoms with Crippen LogP contribution in [0.2, 0.25) is 0 Å². The van der Waals surface area contributed by atoms with Crippen LogP contribution in [0.5, 0.6) is 0 Å². The van der Waals surface area contributed by atoms with Crippen LogP contribution in [-0.4, -0.2) is 26.7 Å². The highest BCUT2D eigenvalue weighted by molar-refractivity contribution is 9.10. The zero-order valence-corrected chi connectivity index (χ0v) is 16.9. The summed E-state index contributed by atoms with van der Waals surface area (Å²) in [6, 6.07) is 11.4. The van der Waals surface area contributed by atoms with Gasteiger partial charge in [0.1, 0.15) is 23.8 Å². The fourth-order valence-corrected chi connectivity index (χ4v) is 3.29. The van der Waals surface area contributed by atoms with Crippen molar-refractivity contribution in [1.29, 1.82) is 0 Å². The summed E-state index contributed by atoms with van der Waals surface area (Å²) < 4.78 is 32.7. The van der Waals surface area contributed by atoms with Gasteiger partial charge in [0.15, 0.2) is 5.82 Å². The topological polar surface area (TPSA) is 96.7 Å². The van der Waals surface area contributed by atoms with Crippen LogP contribution in [0, 0.1) is 11.6 Å². The first-order valence-electron chi connectivity index (χ1n) is 8.86. The van der Waals surface area contributed by atoms with Gasteiger partial charge in [-0.15, -0.1) is 0 Å². The van der Waals surface area contributed by atoms with E-state index in [0.717, 1.165) is 5.56 Å². The Labute approximate surface area is 177 Å². The van der Waals surface area contributed by atoms with Gasteiger partial charge in [0.25, 0.3) is 0 Å². The van der Waals surface area contributed by atoms with Gasteiger partial charge in [-0.2, -0.15) is 0 Å². The van der Waals surface area contributed by atoms with Crippen molar-refractivity contribution in [2.45, 2.75) is 6.42 Å². The number of benzene rings is 2. The number of nitrogens with one attached hydrogen (secondary N) is 2. The number of hydrogen-bond donors (Lipinski definition) is 2. The minimum absolute atomic E-state index is 0.0152. The number of aromatic amines is 1. The highest BCUT2D eigenvalue weighted by atomic mass is 79.9. The van der Waals surface area contributed by atoms with Gasteiger partial charge in [-0.3, -0.25) is 9.51 Å². The van der Waals surface area contributed by atoms with Crippen molar-refractivity contribution in [2.75, 3.05) is 11.9 Å². The molecule has 2 heterocycles. The van der Waals surface area contributed by atoms with Crippen LogP contribution in [0.25, 0.3) is 22.6 Å². The predicted molar refractivity (Wildman–Crippen MR) is 110 cm³/mol. The third-order valence-electron chi connectivity index (χ3n) is 4.35. The molecule has 152 valence electrons. The predicted octanol–water partition coefficient (Wildman–Crippen LogP) is 4.18. The van der Waals surface area contributed by atoms with E-state index in [0.29, 0.717) is 33.9 Å². The molecular weight excluding hydrogens is 460 g/mol. The summed E-state index contributed by atoms with van der Waals surface area (Å²) in [5, 5.41) is 6.70. The number of nitrogens with zero attached hydrogens (tertiary/aromatic N) is 3. The fraction of sp³-hybridized carbons (Fsp3) is 0.100. The Morgan fingerprint density at radius 3 is 2.40 bits per heavy atom. The molecule has 30 heavy (non-hydrogen) atoms. The summed E-state index contributed by atoms with van der Waals surface area (Å²) in [5.41, 5.74) is 2.19. The zero-order valence-electron chi connectivity index (χ0n) is 15.3. The van der Waals surface area contributed by atoms with E-state index < -0.39 is 17.4 Å². The Bertz CT molecular complexity index is 1220. The summed E-state index contributed by atoms with van der Waals surface area (Å²) in [7, 11) is 0. The van der Waals surface area contributed by atoms with E-state index in [2.05, 4.69) is 45.9 Å². The first kappa shape index (κ1) is 19.9. The minimum atomic E-state index is -0.622. The molecule has 0 unspecified atom stereocenters. The van der Waals surface area contributed by atoms with Crippen LogP contribution in [-0.2, 0) is 6.42 Å². The third-order valence-corrected chi connectivity index (χ3v) is 4.81. The summed E-state index contributed by atoms with van der Waals surface area (Å²) in [5.74, 6) is -0.948. The van der Waals surface area contributed by atoms with E-state index in [1.165, 1.54) is 18.5 Å². The zero-order chi connectivity index (χ0) is 21.1. The van der Waals surface area contributed by atoms with Crippen molar-refractivity contribution in [1.82, 2.24) is 20.1 Å². The van der Waals surface area contributed by atoms with Gasteiger partial charge in [0.05, 0.1) is 5.69 Å². The number of rotatable bonds is 6. The number of halogens is 3. The fourth-order valence-electron chi connectivity index (χ4n) is 2.89. The lowest BCUT2D eigenvalue weighted by atomic mass is 10.1. The van der Waals surface area contributed by atoms with Crippen molar-refractivity contribution >= 4 is 21.7 Å². The molecule has 4 aromatic rings. The molecule has 0 fully saturated rings. The Morgan fingerprint density at radius 1 is 1.03 bits per heavy atom. The number of H-pyrrole nitrogens is 1. The molecule has 0 aliphatic heterocycles. The summed E-state index contributed by atoms with van der Waals surface area (Å²) in [4.78, 5) is 21.9. The van der Waals surface area contributed by atoms with Gasteiger partial charge in [-0.1, -0.05) is 45.4 Å². The van der Waals surface area contributed by atoms with E-state index in [1.54, 1.807) is 18.2 Å². The maximum absolute atomic E-state index is 13.9. The Morgan fingerprint density at radius 2 is 1.73 bits per heavy atom. The lowest BCUT2D eigenvalue weighted by Crippen LogP contribution is -2.09. The minimum Gasteiger partial charge on any atom is -0.370 e. The van der Waals surface area contributed by atoms with Crippen LogP contribution in [0.3, 0.4) is 0 Å². The van der Waals surface area contributed by atoms with Crippen LogP contribution in [0.15, 0.2) is 62.6 Å². The maximum Gasteiger partial charge on any atom is 0.439 e. The summed E-state index contributed by atoms with van der Waals surface area (Å²) in [6.07, 6.45) is 1.57. The molecule has 2 aromatic carbocycles. The van der Waals surface area contributed by atoms with Crippen LogP contribution in [0.4, 0.5) is 14.6 Å². The van der Waals surface area contributed by atoms with Gasteiger partial charge < -0.3 is 5.32 Å². The molecule has 0 amide bonds. The Hall–Kier alpha value is -3.40. The van der Waals surface area contributed by atoms with E-state index in [9.17, 15) is 13.6 Å². The van der Waals surface area contributed by atoms with Gasteiger partial charge in [0, 0.05) is 33.8 Å². The second-order valence-corrected chi connectivity index (χ2v) is 7.25. The first-order valence-corrected chi connectivity index (χ1v) is 9.65. The summed E-state index contributed by atoms with van der Waals surface area (Å²) >= 11 is 3.06. The molecule has 0 bridgehead atoms. The molecule has 0 spiro atoms.